The van der Waals surface area contributed by atoms with Gasteiger partial charge in [-0.05, 0) is 13.0 Å². The number of methoxy groups -OCH3 is 1. The maximum absolute atomic E-state index is 5.54. The highest BCUT2D eigenvalue weighted by Crippen LogP contribution is 2.06. The molecule has 1 aromatic heterocycles. The molecular weight excluding hydrogens is 262 g/mol. The Morgan fingerprint density at radius 2 is 1.65 bits per heavy atom. The standard InChI is InChI=1S/C13H23N3O4/c1-11-9-12(10-14)16-13(15-11)20-8-7-19-6-5-18-4-3-17-2/h9H,3-8,10,14H2,1-2H3. The number of rotatable bonds is 11. The van der Waals surface area contributed by atoms with Gasteiger partial charge in [0.15, 0.2) is 0 Å². The molecule has 0 aliphatic rings. The Kier molecular flexibility index (Phi) is 8.81. The first kappa shape index (κ1) is 16.8. The smallest absolute Gasteiger partial charge is 0.316 e. The van der Waals surface area contributed by atoms with E-state index in [2.05, 4.69) is 9.97 Å². The van der Waals surface area contributed by atoms with Crippen LogP contribution in [0.15, 0.2) is 6.07 Å². The molecule has 0 atom stereocenters. The van der Waals surface area contributed by atoms with Gasteiger partial charge in [-0.2, -0.15) is 4.98 Å². The molecule has 114 valence electrons. The van der Waals surface area contributed by atoms with Crippen LogP contribution >= 0.6 is 0 Å². The molecule has 0 amide bonds. The molecular formula is C13H23N3O4. The first-order valence-electron chi connectivity index (χ1n) is 6.58. The van der Waals surface area contributed by atoms with Crippen molar-refractivity contribution in [1.82, 2.24) is 9.97 Å². The number of ether oxygens (including phenoxy) is 4. The highest BCUT2D eigenvalue weighted by Gasteiger charge is 2.02. The fraction of sp³-hybridized carbons (Fsp3) is 0.692. The maximum atomic E-state index is 5.54. The molecule has 0 saturated heterocycles. The zero-order chi connectivity index (χ0) is 14.6. The number of hydrogen-bond donors (Lipinski definition) is 1. The lowest BCUT2D eigenvalue weighted by molar-refractivity contribution is 0.0173. The van der Waals surface area contributed by atoms with Gasteiger partial charge in [-0.15, -0.1) is 0 Å². The van der Waals surface area contributed by atoms with Gasteiger partial charge in [-0.1, -0.05) is 0 Å². The summed E-state index contributed by atoms with van der Waals surface area (Å²) in [5, 5.41) is 0. The third kappa shape index (κ3) is 7.34. The van der Waals surface area contributed by atoms with Crippen LogP contribution in [0.3, 0.4) is 0 Å². The first-order valence-corrected chi connectivity index (χ1v) is 6.58. The summed E-state index contributed by atoms with van der Waals surface area (Å²) < 4.78 is 20.9. The fourth-order valence-corrected chi connectivity index (χ4v) is 1.43. The topological polar surface area (TPSA) is 88.7 Å². The van der Waals surface area contributed by atoms with Crippen LogP contribution in [0.5, 0.6) is 6.01 Å². The molecule has 1 aromatic rings. The summed E-state index contributed by atoms with van der Waals surface area (Å²) in [6, 6.07) is 2.17. The second kappa shape index (κ2) is 10.5. The third-order valence-electron chi connectivity index (χ3n) is 2.36. The van der Waals surface area contributed by atoms with E-state index >= 15 is 0 Å². The predicted molar refractivity (Wildman–Crippen MR) is 73.7 cm³/mol. The zero-order valence-corrected chi connectivity index (χ0v) is 12.1. The van der Waals surface area contributed by atoms with E-state index in [0.29, 0.717) is 52.2 Å². The highest BCUT2D eigenvalue weighted by molar-refractivity contribution is 5.12. The fourth-order valence-electron chi connectivity index (χ4n) is 1.43. The lowest BCUT2D eigenvalue weighted by Crippen LogP contribution is -2.13. The van der Waals surface area contributed by atoms with Crippen molar-refractivity contribution in [1.29, 1.82) is 0 Å². The molecule has 0 spiro atoms. The Hall–Kier alpha value is -1.28. The van der Waals surface area contributed by atoms with Gasteiger partial charge >= 0.3 is 6.01 Å². The van der Waals surface area contributed by atoms with Gasteiger partial charge in [-0.25, -0.2) is 4.98 Å². The molecule has 0 radical (unpaired) electrons. The van der Waals surface area contributed by atoms with Crippen molar-refractivity contribution in [3.8, 4) is 6.01 Å². The van der Waals surface area contributed by atoms with Gasteiger partial charge in [0.1, 0.15) is 6.61 Å². The van der Waals surface area contributed by atoms with Crippen molar-refractivity contribution in [2.24, 2.45) is 5.73 Å². The molecule has 0 unspecified atom stereocenters. The lowest BCUT2D eigenvalue weighted by atomic mass is 10.3. The first-order chi connectivity index (χ1) is 9.76. The summed E-state index contributed by atoms with van der Waals surface area (Å²) >= 11 is 0. The van der Waals surface area contributed by atoms with Crippen molar-refractivity contribution < 1.29 is 18.9 Å². The Labute approximate surface area is 119 Å². The summed E-state index contributed by atoms with van der Waals surface area (Å²) in [6.07, 6.45) is 0. The van der Waals surface area contributed by atoms with Crippen molar-refractivity contribution in [3.63, 3.8) is 0 Å². The van der Waals surface area contributed by atoms with Crippen LogP contribution in [0, 0.1) is 6.92 Å². The Morgan fingerprint density at radius 3 is 2.30 bits per heavy atom. The Balaban J connectivity index is 2.08. The average Bonchev–Trinajstić information content (AvgIpc) is 2.45. The normalized spacial score (nSPS) is 10.8. The van der Waals surface area contributed by atoms with Crippen LogP contribution in [0.25, 0.3) is 0 Å². The molecule has 7 heteroatoms. The van der Waals surface area contributed by atoms with Crippen molar-refractivity contribution in [2.75, 3.05) is 46.8 Å². The van der Waals surface area contributed by atoms with Crippen LogP contribution in [0.1, 0.15) is 11.4 Å². The molecule has 1 heterocycles. The lowest BCUT2D eigenvalue weighted by Gasteiger charge is -2.08. The van der Waals surface area contributed by atoms with E-state index in [-0.39, 0.29) is 0 Å². The molecule has 2 N–H and O–H groups in total. The molecule has 0 fully saturated rings. The number of nitrogens with two attached hydrogens (primary N) is 1. The maximum Gasteiger partial charge on any atom is 0.316 e. The second-order valence-corrected chi connectivity index (χ2v) is 4.05. The minimum absolute atomic E-state index is 0.338. The number of aryl methyl sites for hydroxylation is 1. The van der Waals surface area contributed by atoms with Gasteiger partial charge in [0, 0.05) is 19.3 Å². The van der Waals surface area contributed by atoms with Crippen molar-refractivity contribution in [3.05, 3.63) is 17.5 Å². The minimum Gasteiger partial charge on any atom is -0.461 e. The van der Waals surface area contributed by atoms with Crippen molar-refractivity contribution >= 4 is 0 Å². The van der Waals surface area contributed by atoms with Crippen molar-refractivity contribution in [2.45, 2.75) is 13.5 Å². The van der Waals surface area contributed by atoms with E-state index in [1.165, 1.54) is 0 Å². The van der Waals surface area contributed by atoms with Crippen LogP contribution in [-0.2, 0) is 20.8 Å². The molecule has 0 aromatic carbocycles. The SMILES string of the molecule is COCCOCCOCCOc1nc(C)cc(CN)n1. The predicted octanol–water partition coefficient (Wildman–Crippen LogP) is 0.302. The van der Waals surface area contributed by atoms with E-state index in [1.807, 2.05) is 13.0 Å². The summed E-state index contributed by atoms with van der Waals surface area (Å²) in [6.45, 7) is 5.34. The van der Waals surface area contributed by atoms with Gasteiger partial charge in [0.2, 0.25) is 0 Å². The molecule has 0 aliphatic carbocycles. The van der Waals surface area contributed by atoms with Crippen LogP contribution in [0.4, 0.5) is 0 Å². The number of hydrogen-bond acceptors (Lipinski definition) is 7. The van der Waals surface area contributed by atoms with E-state index in [0.717, 1.165) is 11.4 Å². The Morgan fingerprint density at radius 1 is 1.00 bits per heavy atom. The van der Waals surface area contributed by atoms with Crippen LogP contribution in [-0.4, -0.2) is 56.7 Å². The summed E-state index contributed by atoms with van der Waals surface area (Å²) in [5.41, 5.74) is 7.14. The molecule has 7 nitrogen and oxygen atoms in total. The Bertz CT molecular complexity index is 377. The molecule has 20 heavy (non-hydrogen) atoms. The molecule has 0 bridgehead atoms. The molecule has 1 rings (SSSR count). The van der Waals surface area contributed by atoms with Gasteiger partial charge in [0.25, 0.3) is 0 Å². The average molecular weight is 285 g/mol. The minimum atomic E-state index is 0.338. The number of aromatic nitrogens is 2. The summed E-state index contributed by atoms with van der Waals surface area (Å²) in [7, 11) is 1.64. The number of nitrogens with zero attached hydrogens (tertiary/aromatic N) is 2. The van der Waals surface area contributed by atoms with E-state index < -0.39 is 0 Å². The van der Waals surface area contributed by atoms with E-state index in [9.17, 15) is 0 Å². The second-order valence-electron chi connectivity index (χ2n) is 4.05. The van der Waals surface area contributed by atoms with E-state index in [1.54, 1.807) is 7.11 Å². The summed E-state index contributed by atoms with van der Waals surface area (Å²) in [4.78, 5) is 8.33. The van der Waals surface area contributed by atoms with Crippen LogP contribution < -0.4 is 10.5 Å². The van der Waals surface area contributed by atoms with Crippen LogP contribution in [0.2, 0.25) is 0 Å². The third-order valence-corrected chi connectivity index (χ3v) is 2.36. The summed E-state index contributed by atoms with van der Waals surface area (Å²) in [5.74, 6) is 0. The van der Waals surface area contributed by atoms with E-state index in [4.69, 9.17) is 24.7 Å². The zero-order valence-electron chi connectivity index (χ0n) is 12.1. The quantitative estimate of drug-likeness (QED) is 0.585. The van der Waals surface area contributed by atoms with Gasteiger partial charge in [-0.3, -0.25) is 0 Å². The molecule has 0 aliphatic heterocycles. The van der Waals surface area contributed by atoms with Gasteiger partial charge in [0.05, 0.1) is 38.7 Å². The molecule has 0 saturated carbocycles. The highest BCUT2D eigenvalue weighted by atomic mass is 16.6. The monoisotopic (exact) mass is 285 g/mol. The van der Waals surface area contributed by atoms with Gasteiger partial charge < -0.3 is 24.7 Å². The largest absolute Gasteiger partial charge is 0.461 e.